The first-order valence-corrected chi connectivity index (χ1v) is 8.51. The minimum absolute atomic E-state index is 0.320. The van der Waals surface area contributed by atoms with Crippen LogP contribution >= 0.6 is 0 Å². The largest absolute Gasteiger partial charge is 0.494 e. The molecule has 2 heterocycles. The Morgan fingerprint density at radius 1 is 0.875 bits per heavy atom. The van der Waals surface area contributed by atoms with Crippen LogP contribution in [0.1, 0.15) is 44.5 Å². The molecule has 0 N–H and O–H groups in total. The molecule has 1 aromatic carbocycles. The average Bonchev–Trinajstić information content (AvgIpc) is 2.66. The monoisotopic (exact) mass is 323 g/mol. The molecule has 0 aliphatic carbocycles. The molecule has 0 amide bonds. The van der Waals surface area contributed by atoms with E-state index in [-0.39, 0.29) is 18.3 Å². The summed E-state index contributed by atoms with van der Waals surface area (Å²) in [5, 5.41) is 0. The van der Waals surface area contributed by atoms with Gasteiger partial charge in [0.05, 0.1) is 16.9 Å². The van der Waals surface area contributed by atoms with Crippen LogP contribution in [-0.2, 0) is 9.31 Å². The third-order valence-electron chi connectivity index (χ3n) is 5.15. The van der Waals surface area contributed by atoms with E-state index in [2.05, 4.69) is 76.9 Å². The molecule has 0 radical (unpaired) electrons. The Balaban J connectivity index is 1.94. The van der Waals surface area contributed by atoms with Crippen LogP contribution in [0.2, 0.25) is 0 Å². The second-order valence-corrected chi connectivity index (χ2v) is 7.83. The van der Waals surface area contributed by atoms with Gasteiger partial charge in [0.25, 0.3) is 0 Å². The molecule has 1 aliphatic heterocycles. The van der Waals surface area contributed by atoms with Crippen LogP contribution in [0.15, 0.2) is 30.3 Å². The number of aryl methyl sites for hydroxylation is 3. The lowest BCUT2D eigenvalue weighted by atomic mass is 9.77. The lowest BCUT2D eigenvalue weighted by Crippen LogP contribution is -2.41. The second-order valence-electron chi connectivity index (χ2n) is 7.83. The highest BCUT2D eigenvalue weighted by Gasteiger charge is 2.51. The zero-order chi connectivity index (χ0) is 17.7. The van der Waals surface area contributed by atoms with Gasteiger partial charge < -0.3 is 9.31 Å². The maximum absolute atomic E-state index is 6.15. The lowest BCUT2D eigenvalue weighted by molar-refractivity contribution is 0.00578. The fourth-order valence-corrected chi connectivity index (χ4v) is 3.08. The van der Waals surface area contributed by atoms with Gasteiger partial charge in [-0.05, 0) is 77.2 Å². The van der Waals surface area contributed by atoms with E-state index in [4.69, 9.17) is 9.31 Å². The molecule has 3 nitrogen and oxygen atoms in total. The SMILES string of the molecule is Cc1cc(C)nc(-c2ccc(B3OC(C)(C)C(C)(C)O3)cc2C)c1. The van der Waals surface area contributed by atoms with Crippen molar-refractivity contribution in [3.63, 3.8) is 0 Å². The van der Waals surface area contributed by atoms with Crippen LogP contribution in [-0.4, -0.2) is 23.3 Å². The molecule has 0 bridgehead atoms. The van der Waals surface area contributed by atoms with Gasteiger partial charge in [-0.1, -0.05) is 18.2 Å². The Bertz CT molecular complexity index is 747. The summed E-state index contributed by atoms with van der Waals surface area (Å²) in [6.45, 7) is 14.6. The van der Waals surface area contributed by atoms with Crippen LogP contribution in [0.4, 0.5) is 0 Å². The molecule has 4 heteroatoms. The molecule has 0 atom stereocenters. The fraction of sp³-hybridized carbons (Fsp3) is 0.450. The maximum atomic E-state index is 6.15. The summed E-state index contributed by atoms with van der Waals surface area (Å²) >= 11 is 0. The van der Waals surface area contributed by atoms with Crippen LogP contribution < -0.4 is 5.46 Å². The van der Waals surface area contributed by atoms with Gasteiger partial charge in [-0.25, -0.2) is 0 Å². The molecule has 1 fully saturated rings. The van der Waals surface area contributed by atoms with E-state index in [0.717, 1.165) is 22.4 Å². The van der Waals surface area contributed by atoms with Gasteiger partial charge in [-0.3, -0.25) is 4.98 Å². The Hall–Kier alpha value is -1.65. The standard InChI is InChI=1S/C20H26BNO2/c1-13-10-15(3)22-18(11-13)17-9-8-16(12-14(17)2)21-23-19(4,5)20(6,7)24-21/h8-12H,1-7H3. The molecule has 24 heavy (non-hydrogen) atoms. The van der Waals surface area contributed by atoms with Crippen LogP contribution in [0.25, 0.3) is 11.3 Å². The van der Waals surface area contributed by atoms with E-state index in [1.165, 1.54) is 11.1 Å². The molecule has 3 rings (SSSR count). The van der Waals surface area contributed by atoms with E-state index in [1.807, 2.05) is 6.92 Å². The van der Waals surface area contributed by atoms with Crippen molar-refractivity contribution in [3.8, 4) is 11.3 Å². The normalized spacial score (nSPS) is 18.9. The van der Waals surface area contributed by atoms with E-state index in [1.54, 1.807) is 0 Å². The van der Waals surface area contributed by atoms with Gasteiger partial charge in [-0.2, -0.15) is 0 Å². The van der Waals surface area contributed by atoms with Crippen molar-refractivity contribution < 1.29 is 9.31 Å². The summed E-state index contributed by atoms with van der Waals surface area (Å²) in [6.07, 6.45) is 0. The summed E-state index contributed by atoms with van der Waals surface area (Å²) in [7, 11) is -0.324. The van der Waals surface area contributed by atoms with Crippen molar-refractivity contribution >= 4 is 12.6 Å². The Labute approximate surface area is 145 Å². The minimum Gasteiger partial charge on any atom is -0.399 e. The molecular formula is C20H26BNO2. The summed E-state index contributed by atoms with van der Waals surface area (Å²) in [6, 6.07) is 10.6. The molecule has 0 saturated carbocycles. The maximum Gasteiger partial charge on any atom is 0.494 e. The Kier molecular flexibility index (Phi) is 4.09. The summed E-state index contributed by atoms with van der Waals surface area (Å²) < 4.78 is 12.3. The highest BCUT2D eigenvalue weighted by molar-refractivity contribution is 6.62. The van der Waals surface area contributed by atoms with Crippen molar-refractivity contribution in [2.75, 3.05) is 0 Å². The molecule has 0 spiro atoms. The van der Waals surface area contributed by atoms with E-state index in [0.29, 0.717) is 0 Å². The van der Waals surface area contributed by atoms with Crippen molar-refractivity contribution in [1.29, 1.82) is 0 Å². The number of benzene rings is 1. The lowest BCUT2D eigenvalue weighted by Gasteiger charge is -2.32. The van der Waals surface area contributed by atoms with Crippen LogP contribution in [0.5, 0.6) is 0 Å². The van der Waals surface area contributed by atoms with Crippen LogP contribution in [0.3, 0.4) is 0 Å². The topological polar surface area (TPSA) is 31.4 Å². The number of pyridine rings is 1. The molecule has 1 aromatic heterocycles. The van der Waals surface area contributed by atoms with Crippen molar-refractivity contribution in [3.05, 3.63) is 47.2 Å². The summed E-state index contributed by atoms with van der Waals surface area (Å²) in [5.74, 6) is 0. The Morgan fingerprint density at radius 3 is 2.04 bits per heavy atom. The predicted molar refractivity (Wildman–Crippen MR) is 99.6 cm³/mol. The van der Waals surface area contributed by atoms with Gasteiger partial charge in [-0.15, -0.1) is 0 Å². The molecule has 0 unspecified atom stereocenters. The summed E-state index contributed by atoms with van der Waals surface area (Å²) in [4.78, 5) is 4.68. The third-order valence-corrected chi connectivity index (χ3v) is 5.15. The number of hydrogen-bond acceptors (Lipinski definition) is 3. The average molecular weight is 323 g/mol. The van der Waals surface area contributed by atoms with Gasteiger partial charge in [0.1, 0.15) is 0 Å². The Morgan fingerprint density at radius 2 is 1.50 bits per heavy atom. The molecule has 2 aromatic rings. The van der Waals surface area contributed by atoms with Gasteiger partial charge in [0, 0.05) is 11.3 Å². The van der Waals surface area contributed by atoms with Crippen LogP contribution in [0, 0.1) is 20.8 Å². The number of nitrogens with zero attached hydrogens (tertiary/aromatic N) is 1. The highest BCUT2D eigenvalue weighted by Crippen LogP contribution is 2.36. The highest BCUT2D eigenvalue weighted by atomic mass is 16.7. The molecule has 1 aliphatic rings. The van der Waals surface area contributed by atoms with Gasteiger partial charge in [0.15, 0.2) is 0 Å². The minimum atomic E-state index is -0.324. The molecule has 1 saturated heterocycles. The second kappa shape index (κ2) is 5.71. The number of rotatable bonds is 2. The van der Waals surface area contributed by atoms with Crippen molar-refractivity contribution in [2.45, 2.75) is 59.7 Å². The predicted octanol–water partition coefficient (Wildman–Crippen LogP) is 3.97. The number of aromatic nitrogens is 1. The first-order chi connectivity index (χ1) is 11.1. The third kappa shape index (κ3) is 3.01. The first kappa shape index (κ1) is 17.2. The van der Waals surface area contributed by atoms with Crippen molar-refractivity contribution in [1.82, 2.24) is 4.98 Å². The number of hydrogen-bond donors (Lipinski definition) is 0. The zero-order valence-electron chi connectivity index (χ0n) is 15.7. The fourth-order valence-electron chi connectivity index (χ4n) is 3.08. The van der Waals surface area contributed by atoms with E-state index in [9.17, 15) is 0 Å². The van der Waals surface area contributed by atoms with Crippen molar-refractivity contribution in [2.24, 2.45) is 0 Å². The van der Waals surface area contributed by atoms with E-state index >= 15 is 0 Å². The zero-order valence-corrected chi connectivity index (χ0v) is 15.7. The quantitative estimate of drug-likeness (QED) is 0.784. The van der Waals surface area contributed by atoms with Gasteiger partial charge in [0.2, 0.25) is 0 Å². The first-order valence-electron chi connectivity index (χ1n) is 8.51. The smallest absolute Gasteiger partial charge is 0.399 e. The summed E-state index contributed by atoms with van der Waals surface area (Å²) in [5.41, 5.74) is 6.04. The van der Waals surface area contributed by atoms with Gasteiger partial charge >= 0.3 is 7.12 Å². The van der Waals surface area contributed by atoms with E-state index < -0.39 is 0 Å². The molecular weight excluding hydrogens is 297 g/mol. The molecule has 126 valence electrons.